The number of carbonyl (C=O) groups is 1. The van der Waals surface area contributed by atoms with Crippen molar-refractivity contribution in [1.29, 1.82) is 0 Å². The fraction of sp³-hybridized carbons (Fsp3) is 0.562. The van der Waals surface area contributed by atoms with Crippen LogP contribution in [0, 0.1) is 0 Å². The van der Waals surface area contributed by atoms with Crippen LogP contribution in [0.2, 0.25) is 0 Å². The maximum absolute atomic E-state index is 12.3. The van der Waals surface area contributed by atoms with Crippen LogP contribution in [-0.4, -0.2) is 41.4 Å². The standard InChI is InChI=1S/C16H25N3O/c1-3-18(4-2)16(20)12-19(14-9-10-14)11-13-7-5-6-8-15(13)17/h5-8,14H,3-4,9-12,17H2,1-2H3. The van der Waals surface area contributed by atoms with Gasteiger partial charge < -0.3 is 10.6 Å². The van der Waals surface area contributed by atoms with Gasteiger partial charge in [-0.25, -0.2) is 0 Å². The first-order chi connectivity index (χ1) is 9.65. The van der Waals surface area contributed by atoms with E-state index in [1.54, 1.807) is 0 Å². The lowest BCUT2D eigenvalue weighted by atomic mass is 10.1. The Morgan fingerprint density at radius 1 is 1.25 bits per heavy atom. The molecule has 2 rings (SSSR count). The summed E-state index contributed by atoms with van der Waals surface area (Å²) in [5.41, 5.74) is 7.94. The molecule has 1 aliphatic carbocycles. The van der Waals surface area contributed by atoms with Gasteiger partial charge in [-0.05, 0) is 38.3 Å². The van der Waals surface area contributed by atoms with Crippen LogP contribution in [0.25, 0.3) is 0 Å². The molecule has 0 atom stereocenters. The number of hydrogen-bond acceptors (Lipinski definition) is 3. The topological polar surface area (TPSA) is 49.6 Å². The highest BCUT2D eigenvalue weighted by atomic mass is 16.2. The van der Waals surface area contributed by atoms with Gasteiger partial charge in [0.15, 0.2) is 0 Å². The number of hydrogen-bond donors (Lipinski definition) is 1. The van der Waals surface area contributed by atoms with E-state index in [1.807, 2.05) is 43.0 Å². The van der Waals surface area contributed by atoms with Crippen LogP contribution in [-0.2, 0) is 11.3 Å². The van der Waals surface area contributed by atoms with Crippen molar-refractivity contribution < 1.29 is 4.79 Å². The van der Waals surface area contributed by atoms with Crippen molar-refractivity contribution in [3.8, 4) is 0 Å². The zero-order chi connectivity index (χ0) is 14.5. The number of rotatable bonds is 7. The quantitative estimate of drug-likeness (QED) is 0.775. The van der Waals surface area contributed by atoms with Gasteiger partial charge in [-0.2, -0.15) is 0 Å². The number of amides is 1. The van der Waals surface area contributed by atoms with Gasteiger partial charge in [-0.15, -0.1) is 0 Å². The summed E-state index contributed by atoms with van der Waals surface area (Å²) in [7, 11) is 0. The molecule has 1 saturated carbocycles. The predicted octanol–water partition coefficient (Wildman–Crippen LogP) is 2.10. The van der Waals surface area contributed by atoms with Crippen LogP contribution in [0.4, 0.5) is 5.69 Å². The Bertz CT molecular complexity index is 453. The van der Waals surface area contributed by atoms with E-state index < -0.39 is 0 Å². The lowest BCUT2D eigenvalue weighted by Gasteiger charge is -2.26. The summed E-state index contributed by atoms with van der Waals surface area (Å²) >= 11 is 0. The molecule has 4 nitrogen and oxygen atoms in total. The smallest absolute Gasteiger partial charge is 0.236 e. The van der Waals surface area contributed by atoms with Crippen LogP contribution in [0.1, 0.15) is 32.3 Å². The molecule has 1 aromatic carbocycles. The Balaban J connectivity index is 2.01. The average molecular weight is 275 g/mol. The van der Waals surface area contributed by atoms with E-state index in [4.69, 9.17) is 5.73 Å². The first-order valence-electron chi connectivity index (χ1n) is 7.50. The molecule has 0 unspecified atom stereocenters. The molecule has 1 aromatic rings. The number of anilines is 1. The van der Waals surface area contributed by atoms with Gasteiger partial charge in [-0.3, -0.25) is 9.69 Å². The number of likely N-dealkylation sites (N-methyl/N-ethyl adjacent to an activating group) is 1. The third kappa shape index (κ3) is 3.73. The Morgan fingerprint density at radius 3 is 2.45 bits per heavy atom. The fourth-order valence-electron chi connectivity index (χ4n) is 2.50. The Morgan fingerprint density at radius 2 is 1.90 bits per heavy atom. The van der Waals surface area contributed by atoms with Gasteiger partial charge in [0.25, 0.3) is 0 Å². The van der Waals surface area contributed by atoms with Crippen molar-refractivity contribution in [3.05, 3.63) is 29.8 Å². The second-order valence-electron chi connectivity index (χ2n) is 5.40. The molecule has 2 N–H and O–H groups in total. The zero-order valence-electron chi connectivity index (χ0n) is 12.5. The molecule has 0 saturated heterocycles. The number of carbonyl (C=O) groups excluding carboxylic acids is 1. The van der Waals surface area contributed by atoms with Crippen molar-refractivity contribution in [2.75, 3.05) is 25.4 Å². The summed E-state index contributed by atoms with van der Waals surface area (Å²) in [5, 5.41) is 0. The molecule has 0 spiro atoms. The second-order valence-corrected chi connectivity index (χ2v) is 5.40. The highest BCUT2D eigenvalue weighted by Crippen LogP contribution is 2.29. The van der Waals surface area contributed by atoms with Crippen molar-refractivity contribution >= 4 is 11.6 Å². The van der Waals surface area contributed by atoms with Gasteiger partial charge in [0.05, 0.1) is 6.54 Å². The van der Waals surface area contributed by atoms with Crippen LogP contribution < -0.4 is 5.73 Å². The SMILES string of the molecule is CCN(CC)C(=O)CN(Cc1ccccc1N)C1CC1. The number of nitrogen functional groups attached to an aromatic ring is 1. The largest absolute Gasteiger partial charge is 0.398 e. The molecular weight excluding hydrogens is 250 g/mol. The van der Waals surface area contributed by atoms with Crippen LogP contribution in [0.3, 0.4) is 0 Å². The summed E-state index contributed by atoms with van der Waals surface area (Å²) in [6.07, 6.45) is 2.39. The fourth-order valence-corrected chi connectivity index (χ4v) is 2.50. The molecule has 110 valence electrons. The van der Waals surface area contributed by atoms with Crippen molar-refractivity contribution in [2.45, 2.75) is 39.3 Å². The van der Waals surface area contributed by atoms with Crippen LogP contribution >= 0.6 is 0 Å². The van der Waals surface area contributed by atoms with Gasteiger partial charge in [0.1, 0.15) is 0 Å². The van der Waals surface area contributed by atoms with E-state index in [9.17, 15) is 4.79 Å². The number of nitrogens with two attached hydrogens (primary N) is 1. The van der Waals surface area contributed by atoms with E-state index in [1.165, 1.54) is 12.8 Å². The third-order valence-electron chi connectivity index (χ3n) is 3.95. The van der Waals surface area contributed by atoms with Crippen LogP contribution in [0.5, 0.6) is 0 Å². The summed E-state index contributed by atoms with van der Waals surface area (Å²) in [4.78, 5) is 16.4. The molecule has 0 aromatic heterocycles. The highest BCUT2D eigenvalue weighted by molar-refractivity contribution is 5.78. The number of para-hydroxylation sites is 1. The monoisotopic (exact) mass is 275 g/mol. The molecular formula is C16H25N3O. The van der Waals surface area contributed by atoms with E-state index in [0.29, 0.717) is 12.6 Å². The van der Waals surface area contributed by atoms with Crippen molar-refractivity contribution in [1.82, 2.24) is 9.80 Å². The van der Waals surface area contributed by atoms with E-state index in [0.717, 1.165) is 30.9 Å². The minimum absolute atomic E-state index is 0.219. The van der Waals surface area contributed by atoms with Gasteiger partial charge >= 0.3 is 0 Å². The maximum Gasteiger partial charge on any atom is 0.236 e. The summed E-state index contributed by atoms with van der Waals surface area (Å²) in [6, 6.07) is 8.47. The first kappa shape index (κ1) is 14.9. The van der Waals surface area contributed by atoms with Gasteiger partial charge in [0, 0.05) is 31.4 Å². The third-order valence-corrected chi connectivity index (χ3v) is 3.95. The van der Waals surface area contributed by atoms with Crippen molar-refractivity contribution in [3.63, 3.8) is 0 Å². The maximum atomic E-state index is 12.3. The lowest BCUT2D eigenvalue weighted by molar-refractivity contribution is -0.132. The molecule has 20 heavy (non-hydrogen) atoms. The summed E-state index contributed by atoms with van der Waals surface area (Å²) in [6.45, 7) is 6.88. The normalized spacial score (nSPS) is 14.6. The summed E-state index contributed by atoms with van der Waals surface area (Å²) in [5.74, 6) is 0.219. The molecule has 1 amide bonds. The molecule has 0 heterocycles. The second kappa shape index (κ2) is 6.75. The minimum atomic E-state index is 0.219. The van der Waals surface area contributed by atoms with Crippen LogP contribution in [0.15, 0.2) is 24.3 Å². The van der Waals surface area contributed by atoms with E-state index in [-0.39, 0.29) is 5.91 Å². The van der Waals surface area contributed by atoms with Gasteiger partial charge in [0.2, 0.25) is 5.91 Å². The van der Waals surface area contributed by atoms with E-state index in [2.05, 4.69) is 4.90 Å². The number of benzene rings is 1. The molecule has 4 heteroatoms. The molecule has 0 aliphatic heterocycles. The van der Waals surface area contributed by atoms with Crippen molar-refractivity contribution in [2.24, 2.45) is 0 Å². The Hall–Kier alpha value is -1.55. The van der Waals surface area contributed by atoms with Gasteiger partial charge in [-0.1, -0.05) is 18.2 Å². The molecule has 1 aliphatic rings. The molecule has 0 radical (unpaired) electrons. The number of nitrogens with zero attached hydrogens (tertiary/aromatic N) is 2. The summed E-state index contributed by atoms with van der Waals surface area (Å²) < 4.78 is 0. The van der Waals surface area contributed by atoms with E-state index >= 15 is 0 Å². The Labute approximate surface area is 121 Å². The zero-order valence-corrected chi connectivity index (χ0v) is 12.5. The average Bonchev–Trinajstić information content (AvgIpc) is 3.26. The first-order valence-corrected chi connectivity index (χ1v) is 7.50. The lowest BCUT2D eigenvalue weighted by Crippen LogP contribution is -2.41. The Kier molecular flexibility index (Phi) is 5.01. The minimum Gasteiger partial charge on any atom is -0.398 e. The molecule has 1 fully saturated rings. The highest BCUT2D eigenvalue weighted by Gasteiger charge is 2.31. The predicted molar refractivity (Wildman–Crippen MR) is 82.2 cm³/mol. The molecule has 0 bridgehead atoms.